The van der Waals surface area contributed by atoms with Gasteiger partial charge in [-0.15, -0.1) is 0 Å². The fraction of sp³-hybridized carbons (Fsp3) is 0.278. The van der Waals surface area contributed by atoms with E-state index in [1.165, 1.54) is 0 Å². The lowest BCUT2D eigenvalue weighted by atomic mass is 9.93. The number of hydrogen-bond donors (Lipinski definition) is 1. The van der Waals surface area contributed by atoms with Gasteiger partial charge in [-0.3, -0.25) is 4.79 Å². The highest BCUT2D eigenvalue weighted by atomic mass is 35.5. The van der Waals surface area contributed by atoms with Crippen LogP contribution in [0.5, 0.6) is 5.75 Å². The van der Waals surface area contributed by atoms with Crippen LogP contribution in [0.15, 0.2) is 48.5 Å². The van der Waals surface area contributed by atoms with Gasteiger partial charge in [-0.2, -0.15) is 0 Å². The summed E-state index contributed by atoms with van der Waals surface area (Å²) in [5, 5.41) is 3.42. The molecule has 2 aromatic rings. The van der Waals surface area contributed by atoms with Gasteiger partial charge in [0.25, 0.3) is 0 Å². The van der Waals surface area contributed by atoms with E-state index < -0.39 is 0 Å². The number of halogens is 1. The first-order valence-electron chi connectivity index (χ1n) is 7.35. The minimum Gasteiger partial charge on any atom is -0.495 e. The van der Waals surface area contributed by atoms with Crippen LogP contribution in [-0.4, -0.2) is 13.0 Å². The quantitative estimate of drug-likeness (QED) is 0.825. The van der Waals surface area contributed by atoms with Crippen LogP contribution in [0.25, 0.3) is 0 Å². The molecule has 0 unspecified atom stereocenters. The van der Waals surface area contributed by atoms with Crippen molar-refractivity contribution in [3.05, 3.63) is 59.1 Å². The number of carbonyl (C=O) groups is 1. The molecule has 0 radical (unpaired) electrons. The molecule has 0 saturated carbocycles. The summed E-state index contributed by atoms with van der Waals surface area (Å²) in [5.41, 5.74) is 1.70. The Morgan fingerprint density at radius 3 is 2.55 bits per heavy atom. The SMILES string of the molecule is CCC[C@@H](C(=O)Nc1ccc(OC)c(Cl)c1)c1ccccc1. The second-order valence-electron chi connectivity index (χ2n) is 5.09. The van der Waals surface area contributed by atoms with Gasteiger partial charge in [0.1, 0.15) is 5.75 Å². The zero-order valence-electron chi connectivity index (χ0n) is 12.8. The number of methoxy groups -OCH3 is 1. The Labute approximate surface area is 136 Å². The fourth-order valence-corrected chi connectivity index (χ4v) is 2.65. The largest absolute Gasteiger partial charge is 0.495 e. The average Bonchev–Trinajstić information content (AvgIpc) is 2.53. The lowest BCUT2D eigenvalue weighted by molar-refractivity contribution is -0.117. The molecular formula is C18H20ClNO2. The van der Waals surface area contributed by atoms with E-state index in [1.54, 1.807) is 25.3 Å². The van der Waals surface area contributed by atoms with Crippen LogP contribution in [0.1, 0.15) is 31.2 Å². The van der Waals surface area contributed by atoms with Crippen molar-refractivity contribution in [2.45, 2.75) is 25.7 Å². The Morgan fingerprint density at radius 2 is 1.95 bits per heavy atom. The maximum Gasteiger partial charge on any atom is 0.231 e. The summed E-state index contributed by atoms with van der Waals surface area (Å²) in [6, 6.07) is 15.1. The summed E-state index contributed by atoms with van der Waals surface area (Å²) in [6.07, 6.45) is 1.75. The number of amides is 1. The normalized spacial score (nSPS) is 11.8. The van der Waals surface area contributed by atoms with Crippen LogP contribution in [0.2, 0.25) is 5.02 Å². The first-order chi connectivity index (χ1) is 10.7. The number of anilines is 1. The molecule has 4 heteroatoms. The predicted octanol–water partition coefficient (Wildman–Crippen LogP) is 4.87. The van der Waals surface area contributed by atoms with E-state index in [2.05, 4.69) is 12.2 Å². The van der Waals surface area contributed by atoms with Crippen molar-refractivity contribution in [1.29, 1.82) is 0 Å². The average molecular weight is 318 g/mol. The Balaban J connectivity index is 2.16. The molecule has 0 aliphatic rings. The molecule has 0 heterocycles. The number of benzene rings is 2. The van der Waals surface area contributed by atoms with Gasteiger partial charge in [-0.1, -0.05) is 55.3 Å². The topological polar surface area (TPSA) is 38.3 Å². The van der Waals surface area contributed by atoms with Gasteiger partial charge < -0.3 is 10.1 Å². The molecule has 0 fully saturated rings. The standard InChI is InChI=1S/C18H20ClNO2/c1-3-7-15(13-8-5-4-6-9-13)18(21)20-14-10-11-17(22-2)16(19)12-14/h4-6,8-12,15H,3,7H2,1-2H3,(H,20,21)/t15-/m1/s1. The second-order valence-corrected chi connectivity index (χ2v) is 5.50. The third kappa shape index (κ3) is 4.01. The molecule has 1 N–H and O–H groups in total. The van der Waals surface area contributed by atoms with E-state index in [1.807, 2.05) is 30.3 Å². The Morgan fingerprint density at radius 1 is 1.23 bits per heavy atom. The van der Waals surface area contributed by atoms with Crippen LogP contribution >= 0.6 is 11.6 Å². The predicted molar refractivity (Wildman–Crippen MR) is 90.7 cm³/mol. The van der Waals surface area contributed by atoms with E-state index in [4.69, 9.17) is 16.3 Å². The number of rotatable bonds is 6. The van der Waals surface area contributed by atoms with E-state index in [9.17, 15) is 4.79 Å². The summed E-state index contributed by atoms with van der Waals surface area (Å²) in [4.78, 5) is 12.6. The molecule has 3 nitrogen and oxygen atoms in total. The van der Waals surface area contributed by atoms with Gasteiger partial charge in [0.2, 0.25) is 5.91 Å². The van der Waals surface area contributed by atoms with E-state index >= 15 is 0 Å². The maximum absolute atomic E-state index is 12.6. The third-order valence-electron chi connectivity index (χ3n) is 3.52. The van der Waals surface area contributed by atoms with E-state index in [-0.39, 0.29) is 11.8 Å². The summed E-state index contributed by atoms with van der Waals surface area (Å²) in [6.45, 7) is 2.08. The first-order valence-corrected chi connectivity index (χ1v) is 7.72. The molecule has 0 bridgehead atoms. The molecule has 1 amide bonds. The summed E-state index contributed by atoms with van der Waals surface area (Å²) >= 11 is 6.09. The fourth-order valence-electron chi connectivity index (χ4n) is 2.40. The van der Waals surface area contributed by atoms with Crippen LogP contribution in [0.3, 0.4) is 0 Å². The zero-order valence-corrected chi connectivity index (χ0v) is 13.6. The third-order valence-corrected chi connectivity index (χ3v) is 3.81. The Bertz CT molecular complexity index is 628. The summed E-state index contributed by atoms with van der Waals surface area (Å²) < 4.78 is 5.12. The molecule has 22 heavy (non-hydrogen) atoms. The van der Waals surface area contributed by atoms with Crippen molar-refractivity contribution in [2.75, 3.05) is 12.4 Å². The molecule has 0 saturated heterocycles. The van der Waals surface area contributed by atoms with Crippen molar-refractivity contribution in [1.82, 2.24) is 0 Å². The Hall–Kier alpha value is -2.00. The Kier molecular flexibility index (Phi) is 5.84. The van der Waals surface area contributed by atoms with Crippen molar-refractivity contribution in [3.8, 4) is 5.75 Å². The first kappa shape index (κ1) is 16.4. The molecule has 0 aliphatic carbocycles. The van der Waals surface area contributed by atoms with Gasteiger partial charge in [0, 0.05) is 5.69 Å². The number of hydrogen-bond acceptors (Lipinski definition) is 2. The van der Waals surface area contributed by atoms with Gasteiger partial charge >= 0.3 is 0 Å². The molecular weight excluding hydrogens is 298 g/mol. The molecule has 116 valence electrons. The monoisotopic (exact) mass is 317 g/mol. The summed E-state index contributed by atoms with van der Waals surface area (Å²) in [5.74, 6) is 0.411. The van der Waals surface area contributed by atoms with Crippen LogP contribution in [0.4, 0.5) is 5.69 Å². The minimum atomic E-state index is -0.160. The lowest BCUT2D eigenvalue weighted by Crippen LogP contribution is -2.21. The molecule has 2 rings (SSSR count). The van der Waals surface area contributed by atoms with Gasteiger partial charge in [0.15, 0.2) is 0 Å². The molecule has 0 aromatic heterocycles. The van der Waals surface area contributed by atoms with Gasteiger partial charge in [0.05, 0.1) is 18.1 Å². The van der Waals surface area contributed by atoms with Crippen LogP contribution in [0, 0.1) is 0 Å². The molecule has 0 spiro atoms. The molecule has 2 aromatic carbocycles. The highest BCUT2D eigenvalue weighted by Gasteiger charge is 2.19. The smallest absolute Gasteiger partial charge is 0.231 e. The van der Waals surface area contributed by atoms with Crippen molar-refractivity contribution in [2.24, 2.45) is 0 Å². The summed E-state index contributed by atoms with van der Waals surface area (Å²) in [7, 11) is 1.56. The zero-order chi connectivity index (χ0) is 15.9. The number of nitrogens with one attached hydrogen (secondary N) is 1. The highest BCUT2D eigenvalue weighted by molar-refractivity contribution is 6.32. The molecule has 0 aliphatic heterocycles. The van der Waals surface area contributed by atoms with Gasteiger partial charge in [-0.25, -0.2) is 0 Å². The van der Waals surface area contributed by atoms with Crippen molar-refractivity contribution < 1.29 is 9.53 Å². The molecule has 1 atom stereocenters. The maximum atomic E-state index is 12.6. The van der Waals surface area contributed by atoms with Crippen LogP contribution in [-0.2, 0) is 4.79 Å². The lowest BCUT2D eigenvalue weighted by Gasteiger charge is -2.17. The van der Waals surface area contributed by atoms with Crippen molar-refractivity contribution >= 4 is 23.2 Å². The number of ether oxygens (including phenoxy) is 1. The number of carbonyl (C=O) groups excluding carboxylic acids is 1. The highest BCUT2D eigenvalue weighted by Crippen LogP contribution is 2.29. The van der Waals surface area contributed by atoms with E-state index in [0.29, 0.717) is 16.5 Å². The van der Waals surface area contributed by atoms with Crippen LogP contribution < -0.4 is 10.1 Å². The van der Waals surface area contributed by atoms with E-state index in [0.717, 1.165) is 18.4 Å². The van der Waals surface area contributed by atoms with Crippen molar-refractivity contribution in [3.63, 3.8) is 0 Å². The minimum absolute atomic E-state index is 0.0192. The van der Waals surface area contributed by atoms with Gasteiger partial charge in [-0.05, 0) is 30.2 Å². The second kappa shape index (κ2) is 7.85.